The summed E-state index contributed by atoms with van der Waals surface area (Å²) >= 11 is 1.65. The lowest BCUT2D eigenvalue weighted by Crippen LogP contribution is -1.84. The van der Waals surface area contributed by atoms with Gasteiger partial charge in [0.2, 0.25) is 5.89 Å². The van der Waals surface area contributed by atoms with Gasteiger partial charge in [0, 0.05) is 10.5 Å². The summed E-state index contributed by atoms with van der Waals surface area (Å²) in [6.45, 7) is 1.84. The van der Waals surface area contributed by atoms with Gasteiger partial charge in [-0.15, -0.1) is 22.0 Å². The van der Waals surface area contributed by atoms with E-state index in [0.717, 1.165) is 16.0 Å². The Labute approximate surface area is 149 Å². The Hall–Kier alpha value is -2.86. The normalized spacial score (nSPS) is 10.9. The summed E-state index contributed by atoms with van der Waals surface area (Å²) in [5.41, 5.74) is 2.41. The molecule has 4 aromatic rings. The van der Waals surface area contributed by atoms with Crippen LogP contribution >= 0.6 is 11.8 Å². The second kappa shape index (κ2) is 6.94. The van der Waals surface area contributed by atoms with Gasteiger partial charge in [0.25, 0.3) is 5.89 Å². The van der Waals surface area contributed by atoms with E-state index in [4.69, 9.17) is 8.94 Å². The molecule has 0 fully saturated rings. The van der Waals surface area contributed by atoms with Crippen LogP contribution in [0.2, 0.25) is 0 Å². The van der Waals surface area contributed by atoms with Crippen LogP contribution < -0.4 is 0 Å². The molecular weight excluding hydrogens is 334 g/mol. The van der Waals surface area contributed by atoms with E-state index in [2.05, 4.69) is 27.5 Å². The van der Waals surface area contributed by atoms with Gasteiger partial charge in [-0.1, -0.05) is 53.7 Å². The second-order valence-corrected chi connectivity index (χ2v) is 6.48. The topological polar surface area (TPSA) is 65.0 Å². The SMILES string of the molecule is Cc1onc(-c2ccccc2)c1-c1nnc(CSc2ccccc2)o1. The zero-order valence-corrected chi connectivity index (χ0v) is 14.4. The van der Waals surface area contributed by atoms with E-state index in [1.807, 2.05) is 55.5 Å². The van der Waals surface area contributed by atoms with Crippen molar-refractivity contribution in [3.05, 3.63) is 72.3 Å². The predicted octanol–water partition coefficient (Wildman–Crippen LogP) is 4.99. The van der Waals surface area contributed by atoms with Gasteiger partial charge in [-0.2, -0.15) is 0 Å². The third-order valence-electron chi connectivity index (χ3n) is 3.70. The van der Waals surface area contributed by atoms with Crippen LogP contribution in [0.3, 0.4) is 0 Å². The summed E-state index contributed by atoms with van der Waals surface area (Å²) in [4.78, 5) is 1.16. The van der Waals surface area contributed by atoms with Gasteiger partial charge < -0.3 is 8.94 Å². The number of rotatable bonds is 5. The highest BCUT2D eigenvalue weighted by molar-refractivity contribution is 7.98. The molecule has 0 spiro atoms. The number of hydrogen-bond acceptors (Lipinski definition) is 6. The standard InChI is InChI=1S/C19H15N3O2S/c1-13-17(18(22-24-13)14-8-4-2-5-9-14)19-21-20-16(23-19)12-25-15-10-6-3-7-11-15/h2-11H,12H2,1H3. The van der Waals surface area contributed by atoms with Crippen molar-refractivity contribution < 1.29 is 8.94 Å². The summed E-state index contributed by atoms with van der Waals surface area (Å²) in [6.07, 6.45) is 0. The Morgan fingerprint density at radius 1 is 0.920 bits per heavy atom. The Balaban J connectivity index is 1.59. The monoisotopic (exact) mass is 349 g/mol. The van der Waals surface area contributed by atoms with E-state index in [0.29, 0.717) is 29.0 Å². The molecule has 2 aromatic heterocycles. The smallest absolute Gasteiger partial charge is 0.253 e. The predicted molar refractivity (Wildman–Crippen MR) is 96.0 cm³/mol. The lowest BCUT2D eigenvalue weighted by molar-refractivity contribution is 0.399. The molecule has 124 valence electrons. The molecule has 0 radical (unpaired) electrons. The zero-order chi connectivity index (χ0) is 17.1. The van der Waals surface area contributed by atoms with E-state index in [-0.39, 0.29) is 0 Å². The van der Waals surface area contributed by atoms with Gasteiger partial charge in [0.15, 0.2) is 0 Å². The second-order valence-electron chi connectivity index (χ2n) is 5.43. The van der Waals surface area contributed by atoms with Gasteiger partial charge in [-0.25, -0.2) is 0 Å². The van der Waals surface area contributed by atoms with Crippen LogP contribution in [0.15, 0.2) is 74.5 Å². The highest BCUT2D eigenvalue weighted by atomic mass is 32.2. The van der Waals surface area contributed by atoms with Crippen LogP contribution in [0.4, 0.5) is 0 Å². The lowest BCUT2D eigenvalue weighted by Gasteiger charge is -1.98. The number of aryl methyl sites for hydroxylation is 1. The van der Waals surface area contributed by atoms with Crippen LogP contribution in [-0.2, 0) is 5.75 Å². The molecule has 0 bridgehead atoms. The maximum Gasteiger partial charge on any atom is 0.253 e. The first-order chi connectivity index (χ1) is 12.3. The first-order valence-corrected chi connectivity index (χ1v) is 8.82. The summed E-state index contributed by atoms with van der Waals surface area (Å²) in [6, 6.07) is 19.9. The van der Waals surface area contributed by atoms with Crippen LogP contribution in [0.25, 0.3) is 22.7 Å². The molecule has 25 heavy (non-hydrogen) atoms. The summed E-state index contributed by atoms with van der Waals surface area (Å²) in [5, 5.41) is 12.5. The third-order valence-corrected chi connectivity index (χ3v) is 4.69. The first-order valence-electron chi connectivity index (χ1n) is 7.83. The number of nitrogens with zero attached hydrogens (tertiary/aromatic N) is 3. The van der Waals surface area contributed by atoms with Gasteiger partial charge >= 0.3 is 0 Å². The molecule has 0 unspecified atom stereocenters. The molecule has 0 saturated carbocycles. The van der Waals surface area contributed by atoms with Crippen molar-refractivity contribution in [2.75, 3.05) is 0 Å². The molecule has 0 aliphatic heterocycles. The van der Waals surface area contributed by atoms with Gasteiger partial charge in [-0.3, -0.25) is 0 Å². The minimum absolute atomic E-state index is 0.432. The average molecular weight is 349 g/mol. The Kier molecular flexibility index (Phi) is 4.35. The zero-order valence-electron chi connectivity index (χ0n) is 13.5. The average Bonchev–Trinajstić information content (AvgIpc) is 3.28. The number of aromatic nitrogens is 3. The van der Waals surface area contributed by atoms with Crippen molar-refractivity contribution in [1.82, 2.24) is 15.4 Å². The summed E-state index contributed by atoms with van der Waals surface area (Å²) in [5.74, 6) is 2.27. The third kappa shape index (κ3) is 3.34. The number of thioether (sulfide) groups is 1. The molecule has 0 atom stereocenters. The molecular formula is C19H15N3O2S. The fourth-order valence-electron chi connectivity index (χ4n) is 2.49. The molecule has 0 aliphatic rings. The number of benzene rings is 2. The summed E-state index contributed by atoms with van der Waals surface area (Å²) < 4.78 is 11.2. The maximum absolute atomic E-state index is 5.85. The molecule has 2 heterocycles. The largest absolute Gasteiger partial charge is 0.420 e. The Morgan fingerprint density at radius 3 is 2.40 bits per heavy atom. The molecule has 6 heteroatoms. The molecule has 0 amide bonds. The minimum Gasteiger partial charge on any atom is -0.420 e. The lowest BCUT2D eigenvalue weighted by atomic mass is 10.1. The van der Waals surface area contributed by atoms with E-state index < -0.39 is 0 Å². The Morgan fingerprint density at radius 2 is 1.64 bits per heavy atom. The van der Waals surface area contributed by atoms with E-state index in [1.165, 1.54) is 0 Å². The van der Waals surface area contributed by atoms with Crippen molar-refractivity contribution in [2.45, 2.75) is 17.6 Å². The van der Waals surface area contributed by atoms with Crippen molar-refractivity contribution in [3.63, 3.8) is 0 Å². The van der Waals surface area contributed by atoms with Crippen molar-refractivity contribution in [3.8, 4) is 22.7 Å². The first kappa shape index (κ1) is 15.7. The van der Waals surface area contributed by atoms with Gasteiger partial charge in [0.05, 0.1) is 5.75 Å². The maximum atomic E-state index is 5.85. The van der Waals surface area contributed by atoms with Gasteiger partial charge in [0.1, 0.15) is 17.0 Å². The van der Waals surface area contributed by atoms with Crippen molar-refractivity contribution >= 4 is 11.8 Å². The Bertz CT molecular complexity index is 965. The fourth-order valence-corrected chi connectivity index (χ4v) is 3.25. The van der Waals surface area contributed by atoms with Crippen LogP contribution in [0, 0.1) is 6.92 Å². The minimum atomic E-state index is 0.432. The fraction of sp³-hybridized carbons (Fsp3) is 0.105. The highest BCUT2D eigenvalue weighted by Crippen LogP contribution is 2.34. The van der Waals surface area contributed by atoms with E-state index >= 15 is 0 Å². The molecule has 0 saturated heterocycles. The van der Waals surface area contributed by atoms with Crippen molar-refractivity contribution in [1.29, 1.82) is 0 Å². The molecule has 5 nitrogen and oxygen atoms in total. The molecule has 4 rings (SSSR count). The van der Waals surface area contributed by atoms with E-state index in [9.17, 15) is 0 Å². The number of hydrogen-bond donors (Lipinski definition) is 0. The summed E-state index contributed by atoms with van der Waals surface area (Å²) in [7, 11) is 0. The van der Waals surface area contributed by atoms with Crippen molar-refractivity contribution in [2.24, 2.45) is 0 Å². The quantitative estimate of drug-likeness (QED) is 0.473. The van der Waals surface area contributed by atoms with E-state index in [1.54, 1.807) is 11.8 Å². The molecule has 0 aliphatic carbocycles. The van der Waals surface area contributed by atoms with Gasteiger partial charge in [-0.05, 0) is 19.1 Å². The van der Waals surface area contributed by atoms with Crippen LogP contribution in [-0.4, -0.2) is 15.4 Å². The molecule has 2 aromatic carbocycles. The van der Waals surface area contributed by atoms with Crippen LogP contribution in [0.5, 0.6) is 0 Å². The van der Waals surface area contributed by atoms with Crippen LogP contribution in [0.1, 0.15) is 11.7 Å². The highest BCUT2D eigenvalue weighted by Gasteiger charge is 2.21. The molecule has 0 N–H and O–H groups in total.